The van der Waals surface area contributed by atoms with Gasteiger partial charge in [-0.2, -0.15) is 0 Å². The molecule has 0 saturated carbocycles. The number of carbonyl (C=O) groups is 1. The largest absolute Gasteiger partial charge is 0.358 e. The zero-order valence-electron chi connectivity index (χ0n) is 19.2. The second-order valence-corrected chi connectivity index (χ2v) is 9.25. The molecule has 34 heavy (non-hydrogen) atoms. The van der Waals surface area contributed by atoms with E-state index >= 15 is 0 Å². The molecule has 1 aliphatic heterocycles. The van der Waals surface area contributed by atoms with E-state index in [2.05, 4.69) is 46.6 Å². The van der Waals surface area contributed by atoms with E-state index in [9.17, 15) is 9.59 Å². The molecular weight excluding hydrogens is 448 g/mol. The average Bonchev–Trinajstić information content (AvgIpc) is 3.36. The van der Waals surface area contributed by atoms with Gasteiger partial charge in [0.05, 0.1) is 11.0 Å². The highest BCUT2D eigenvalue weighted by atomic mass is 35.5. The summed E-state index contributed by atoms with van der Waals surface area (Å²) in [4.78, 5) is 28.0. The molecule has 2 aliphatic rings. The van der Waals surface area contributed by atoms with Crippen molar-refractivity contribution in [2.24, 2.45) is 0 Å². The van der Waals surface area contributed by atoms with Crippen molar-refractivity contribution >= 4 is 40.1 Å². The molecule has 0 spiro atoms. The second-order valence-electron chi connectivity index (χ2n) is 9.25. The molecule has 7 heteroatoms. The number of nitrogens with zero attached hydrogens (tertiary/aromatic N) is 3. The molecule has 2 heterocycles. The first-order chi connectivity index (χ1) is 16.2. The Balaban J connectivity index is 0.00000241. The third kappa shape index (κ3) is 3.53. The van der Waals surface area contributed by atoms with Gasteiger partial charge in [-0.25, -0.2) is 4.79 Å². The molecule has 1 N–H and O–H groups in total. The number of amides is 1. The Labute approximate surface area is 204 Å². The molecule has 4 aromatic rings. The molecule has 0 radical (unpaired) electrons. The minimum Gasteiger partial charge on any atom is -0.358 e. The Morgan fingerprint density at radius 2 is 1.68 bits per heavy atom. The first kappa shape index (κ1) is 22.7. The lowest BCUT2D eigenvalue weighted by Crippen LogP contribution is -2.40. The number of hydrogen-bond donors (Lipinski definition) is 1. The molecule has 6 rings (SSSR count). The first-order valence-corrected chi connectivity index (χ1v) is 11.8. The van der Waals surface area contributed by atoms with Crippen molar-refractivity contribution in [3.63, 3.8) is 0 Å². The molecular formula is C27H29ClN4O2. The van der Waals surface area contributed by atoms with Crippen LogP contribution in [0, 0.1) is 0 Å². The van der Waals surface area contributed by atoms with Crippen LogP contribution in [-0.4, -0.2) is 40.1 Å². The number of nitrogens with one attached hydrogen (secondary N) is 1. The SMILES string of the molecule is CNC(=O)Cn1c(=O)n(C2CCN([C@@H]3Cc4cccc5cccc3c45)CC2)c2ccccc21.Cl. The second kappa shape index (κ2) is 8.93. The van der Waals surface area contributed by atoms with Gasteiger partial charge in [0.2, 0.25) is 5.91 Å². The summed E-state index contributed by atoms with van der Waals surface area (Å²) in [5, 5.41) is 5.39. The number of likely N-dealkylation sites (tertiary alicyclic amines) is 1. The zero-order chi connectivity index (χ0) is 22.5. The summed E-state index contributed by atoms with van der Waals surface area (Å²) in [7, 11) is 1.60. The fourth-order valence-electron chi connectivity index (χ4n) is 5.96. The number of carbonyl (C=O) groups excluding carboxylic acids is 1. The summed E-state index contributed by atoms with van der Waals surface area (Å²) in [5.74, 6) is -0.162. The highest BCUT2D eigenvalue weighted by molar-refractivity contribution is 5.91. The molecule has 0 bridgehead atoms. The van der Waals surface area contributed by atoms with Crippen LogP contribution in [0.15, 0.2) is 65.5 Å². The zero-order valence-corrected chi connectivity index (χ0v) is 20.1. The van der Waals surface area contributed by atoms with Gasteiger partial charge in [-0.3, -0.25) is 18.8 Å². The van der Waals surface area contributed by atoms with E-state index in [1.54, 1.807) is 11.6 Å². The van der Waals surface area contributed by atoms with Crippen LogP contribution >= 0.6 is 12.4 Å². The number of hydrogen-bond acceptors (Lipinski definition) is 3. The summed E-state index contributed by atoms with van der Waals surface area (Å²) in [6.07, 6.45) is 2.92. The van der Waals surface area contributed by atoms with E-state index in [1.807, 2.05) is 28.8 Å². The maximum absolute atomic E-state index is 13.4. The van der Waals surface area contributed by atoms with Gasteiger partial charge in [0.1, 0.15) is 6.54 Å². The quantitative estimate of drug-likeness (QED) is 0.483. The molecule has 1 aromatic heterocycles. The lowest BCUT2D eigenvalue weighted by atomic mass is 9.99. The normalized spacial score (nSPS) is 18.3. The van der Waals surface area contributed by atoms with E-state index in [0.29, 0.717) is 6.04 Å². The van der Waals surface area contributed by atoms with Gasteiger partial charge in [-0.1, -0.05) is 48.5 Å². The minimum absolute atomic E-state index is 0. The van der Waals surface area contributed by atoms with Crippen LogP contribution in [0.4, 0.5) is 0 Å². The van der Waals surface area contributed by atoms with Crippen LogP contribution in [0.5, 0.6) is 0 Å². The van der Waals surface area contributed by atoms with Crippen molar-refractivity contribution < 1.29 is 4.79 Å². The van der Waals surface area contributed by atoms with Gasteiger partial charge in [-0.05, 0) is 53.3 Å². The number of aromatic nitrogens is 2. The van der Waals surface area contributed by atoms with Crippen LogP contribution < -0.4 is 11.0 Å². The van der Waals surface area contributed by atoms with Gasteiger partial charge in [0.15, 0.2) is 0 Å². The highest BCUT2D eigenvalue weighted by Crippen LogP contribution is 2.41. The van der Waals surface area contributed by atoms with Crippen molar-refractivity contribution in [2.75, 3.05) is 20.1 Å². The molecule has 1 amide bonds. The molecule has 1 saturated heterocycles. The maximum atomic E-state index is 13.4. The summed E-state index contributed by atoms with van der Waals surface area (Å²) in [6, 6.07) is 21.7. The average molecular weight is 477 g/mol. The monoisotopic (exact) mass is 476 g/mol. The van der Waals surface area contributed by atoms with Gasteiger partial charge in [0, 0.05) is 32.2 Å². The van der Waals surface area contributed by atoms with Crippen molar-refractivity contribution in [1.29, 1.82) is 0 Å². The van der Waals surface area contributed by atoms with E-state index in [0.717, 1.165) is 43.4 Å². The van der Waals surface area contributed by atoms with Crippen LogP contribution in [-0.2, 0) is 17.8 Å². The van der Waals surface area contributed by atoms with E-state index < -0.39 is 0 Å². The predicted octanol–water partition coefficient (Wildman–Crippen LogP) is 4.06. The number of likely N-dealkylation sites (N-methyl/N-ethyl adjacent to an activating group) is 1. The summed E-state index contributed by atoms with van der Waals surface area (Å²) in [6.45, 7) is 1.97. The molecule has 6 nitrogen and oxygen atoms in total. The van der Waals surface area contributed by atoms with Crippen LogP contribution in [0.3, 0.4) is 0 Å². The van der Waals surface area contributed by atoms with Gasteiger partial charge in [-0.15, -0.1) is 12.4 Å². The molecule has 3 aromatic carbocycles. The van der Waals surface area contributed by atoms with E-state index in [1.165, 1.54) is 21.9 Å². The number of piperidine rings is 1. The van der Waals surface area contributed by atoms with Crippen molar-refractivity contribution in [2.45, 2.75) is 37.9 Å². The highest BCUT2D eigenvalue weighted by Gasteiger charge is 2.33. The maximum Gasteiger partial charge on any atom is 0.329 e. The Morgan fingerprint density at radius 1 is 0.971 bits per heavy atom. The lowest BCUT2D eigenvalue weighted by Gasteiger charge is -2.36. The fourth-order valence-corrected chi connectivity index (χ4v) is 5.96. The Bertz CT molecular complexity index is 1430. The molecule has 176 valence electrons. The minimum atomic E-state index is -0.162. The van der Waals surface area contributed by atoms with Crippen molar-refractivity contribution in [3.8, 4) is 0 Å². The van der Waals surface area contributed by atoms with Crippen LogP contribution in [0.25, 0.3) is 21.8 Å². The van der Waals surface area contributed by atoms with E-state index in [-0.39, 0.29) is 36.6 Å². The Morgan fingerprint density at radius 3 is 2.41 bits per heavy atom. The summed E-state index contributed by atoms with van der Waals surface area (Å²) in [5.41, 5.74) is 4.55. The molecule has 1 fully saturated rings. The number of imidazole rings is 1. The van der Waals surface area contributed by atoms with Crippen molar-refractivity contribution in [1.82, 2.24) is 19.4 Å². The molecule has 1 atom stereocenters. The number of rotatable bonds is 4. The van der Waals surface area contributed by atoms with Crippen LogP contribution in [0.1, 0.15) is 36.1 Å². The smallest absolute Gasteiger partial charge is 0.329 e. The standard InChI is InChI=1S/C27H28N4O2.ClH/c1-28-25(32)17-30-22-10-2-3-11-23(22)31(27(30)33)20-12-14-29(15-13-20)24-16-19-8-4-6-18-7-5-9-21(24)26(18)19;/h2-11,20,24H,12-17H2,1H3,(H,28,32);1H/t24-;/m1./s1. The fraction of sp³-hybridized carbons (Fsp3) is 0.333. The number of benzene rings is 3. The third-order valence-corrected chi connectivity index (χ3v) is 7.55. The first-order valence-electron chi connectivity index (χ1n) is 11.8. The number of fused-ring (bicyclic) bond motifs is 1. The predicted molar refractivity (Wildman–Crippen MR) is 138 cm³/mol. The molecule has 0 unspecified atom stereocenters. The van der Waals surface area contributed by atoms with Gasteiger partial charge >= 0.3 is 5.69 Å². The molecule has 1 aliphatic carbocycles. The van der Waals surface area contributed by atoms with E-state index in [4.69, 9.17) is 0 Å². The Hall–Kier alpha value is -3.09. The topological polar surface area (TPSA) is 59.3 Å². The lowest BCUT2D eigenvalue weighted by molar-refractivity contribution is -0.121. The number of halogens is 1. The van der Waals surface area contributed by atoms with Gasteiger partial charge in [0.25, 0.3) is 0 Å². The summed E-state index contributed by atoms with van der Waals surface area (Å²) >= 11 is 0. The van der Waals surface area contributed by atoms with Gasteiger partial charge < -0.3 is 5.32 Å². The Kier molecular flexibility index (Phi) is 5.96. The van der Waals surface area contributed by atoms with Crippen LogP contribution in [0.2, 0.25) is 0 Å². The third-order valence-electron chi connectivity index (χ3n) is 7.55. The summed E-state index contributed by atoms with van der Waals surface area (Å²) < 4.78 is 3.54. The number of para-hydroxylation sites is 2. The van der Waals surface area contributed by atoms with Crippen molar-refractivity contribution in [3.05, 3.63) is 82.3 Å².